The lowest BCUT2D eigenvalue weighted by atomic mass is 10.2. The van der Waals surface area contributed by atoms with Gasteiger partial charge in [-0.2, -0.15) is 22.0 Å². The monoisotopic (exact) mass is 248 g/mol. The fourth-order valence-corrected chi connectivity index (χ4v) is 0.913. The molecule has 0 amide bonds. The van der Waals surface area contributed by atoms with E-state index in [0.29, 0.717) is 19.0 Å². The summed E-state index contributed by atoms with van der Waals surface area (Å²) in [5.41, 5.74) is 0. The minimum atomic E-state index is -5.48. The Morgan fingerprint density at radius 1 is 0.938 bits per heavy atom. The number of hydrogen-bond acceptors (Lipinski definition) is 2. The van der Waals surface area contributed by atoms with Gasteiger partial charge in [0, 0.05) is 13.1 Å². The first-order chi connectivity index (χ1) is 7.17. The molecular formula is C9H17F5N2. The number of nitrogens with one attached hydrogen (secondary N) is 2. The zero-order valence-corrected chi connectivity index (χ0v) is 9.30. The van der Waals surface area contributed by atoms with Crippen LogP contribution in [0.25, 0.3) is 0 Å². The SMILES string of the molecule is CC(C)CNCCNCC(F)(F)C(F)(F)F. The highest BCUT2D eigenvalue weighted by Crippen LogP contribution is 2.34. The van der Waals surface area contributed by atoms with E-state index in [4.69, 9.17) is 0 Å². The zero-order chi connectivity index (χ0) is 12.8. The predicted octanol–water partition coefficient (Wildman–Crippen LogP) is 2.02. The van der Waals surface area contributed by atoms with Gasteiger partial charge in [-0.05, 0) is 12.5 Å². The fraction of sp³-hybridized carbons (Fsp3) is 1.00. The summed E-state index contributed by atoms with van der Waals surface area (Å²) in [7, 11) is 0. The third kappa shape index (κ3) is 6.22. The predicted molar refractivity (Wildman–Crippen MR) is 51.6 cm³/mol. The standard InChI is InChI=1S/C9H17F5N2/c1-7(2)5-15-3-4-16-6-8(10,11)9(12,13)14/h7,15-16H,3-6H2,1-2H3. The van der Waals surface area contributed by atoms with Crippen molar-refractivity contribution in [3.8, 4) is 0 Å². The molecule has 0 rings (SSSR count). The summed E-state index contributed by atoms with van der Waals surface area (Å²) in [6, 6.07) is 0. The smallest absolute Gasteiger partial charge is 0.315 e. The van der Waals surface area contributed by atoms with Crippen molar-refractivity contribution in [1.82, 2.24) is 10.6 Å². The van der Waals surface area contributed by atoms with Crippen LogP contribution < -0.4 is 10.6 Å². The van der Waals surface area contributed by atoms with Crippen LogP contribution in [-0.4, -0.2) is 38.3 Å². The van der Waals surface area contributed by atoms with E-state index in [2.05, 4.69) is 10.6 Å². The van der Waals surface area contributed by atoms with Gasteiger partial charge in [0.15, 0.2) is 0 Å². The van der Waals surface area contributed by atoms with E-state index in [-0.39, 0.29) is 6.54 Å². The Kier molecular flexibility index (Phi) is 6.17. The van der Waals surface area contributed by atoms with Crippen molar-refractivity contribution in [3.63, 3.8) is 0 Å². The van der Waals surface area contributed by atoms with Crippen LogP contribution in [0.2, 0.25) is 0 Å². The molecule has 0 fully saturated rings. The molecule has 0 saturated heterocycles. The van der Waals surface area contributed by atoms with E-state index in [1.807, 2.05) is 13.8 Å². The van der Waals surface area contributed by atoms with Crippen molar-refractivity contribution in [2.24, 2.45) is 5.92 Å². The highest BCUT2D eigenvalue weighted by atomic mass is 19.4. The quantitative estimate of drug-likeness (QED) is 0.532. The second-order valence-electron chi connectivity index (χ2n) is 3.98. The third-order valence-electron chi connectivity index (χ3n) is 1.79. The molecule has 2 nitrogen and oxygen atoms in total. The highest BCUT2D eigenvalue weighted by Gasteiger charge is 2.56. The number of hydrogen-bond donors (Lipinski definition) is 2. The molecule has 0 aliphatic rings. The first-order valence-corrected chi connectivity index (χ1v) is 5.03. The highest BCUT2D eigenvalue weighted by molar-refractivity contribution is 4.78. The van der Waals surface area contributed by atoms with Crippen molar-refractivity contribution in [2.45, 2.75) is 25.9 Å². The maximum Gasteiger partial charge on any atom is 0.454 e. The first kappa shape index (κ1) is 15.6. The van der Waals surface area contributed by atoms with Crippen LogP contribution in [0, 0.1) is 5.92 Å². The molecular weight excluding hydrogens is 231 g/mol. The molecule has 0 saturated carbocycles. The lowest BCUT2D eigenvalue weighted by Crippen LogP contribution is -2.46. The third-order valence-corrected chi connectivity index (χ3v) is 1.79. The van der Waals surface area contributed by atoms with Gasteiger partial charge in [0.2, 0.25) is 0 Å². The van der Waals surface area contributed by atoms with Gasteiger partial charge < -0.3 is 10.6 Å². The Hall–Kier alpha value is -0.430. The molecule has 0 spiro atoms. The van der Waals surface area contributed by atoms with E-state index in [1.54, 1.807) is 0 Å². The second kappa shape index (κ2) is 6.34. The van der Waals surface area contributed by atoms with Gasteiger partial charge in [0.25, 0.3) is 0 Å². The normalized spacial score (nSPS) is 13.5. The van der Waals surface area contributed by atoms with Crippen molar-refractivity contribution < 1.29 is 22.0 Å². The lowest BCUT2D eigenvalue weighted by molar-refractivity contribution is -0.279. The van der Waals surface area contributed by atoms with Gasteiger partial charge >= 0.3 is 12.1 Å². The van der Waals surface area contributed by atoms with Crippen LogP contribution >= 0.6 is 0 Å². The average molecular weight is 248 g/mol. The van der Waals surface area contributed by atoms with Gasteiger partial charge in [0.1, 0.15) is 0 Å². The van der Waals surface area contributed by atoms with Crippen LogP contribution in [0.15, 0.2) is 0 Å². The zero-order valence-electron chi connectivity index (χ0n) is 9.30. The molecule has 0 radical (unpaired) electrons. The van der Waals surface area contributed by atoms with Crippen LogP contribution in [0.5, 0.6) is 0 Å². The molecule has 0 bridgehead atoms. The van der Waals surface area contributed by atoms with Crippen molar-refractivity contribution in [2.75, 3.05) is 26.2 Å². The van der Waals surface area contributed by atoms with Gasteiger partial charge in [-0.15, -0.1) is 0 Å². The van der Waals surface area contributed by atoms with Gasteiger partial charge in [-0.25, -0.2) is 0 Å². The summed E-state index contributed by atoms with van der Waals surface area (Å²) in [5, 5.41) is 4.99. The van der Waals surface area contributed by atoms with Crippen molar-refractivity contribution in [1.29, 1.82) is 0 Å². The van der Waals surface area contributed by atoms with E-state index in [1.165, 1.54) is 0 Å². The summed E-state index contributed by atoms with van der Waals surface area (Å²) >= 11 is 0. The summed E-state index contributed by atoms with van der Waals surface area (Å²) in [4.78, 5) is 0. The van der Waals surface area contributed by atoms with Crippen molar-refractivity contribution in [3.05, 3.63) is 0 Å². The van der Waals surface area contributed by atoms with Crippen LogP contribution in [0.3, 0.4) is 0 Å². The number of halogens is 5. The Labute approximate surface area is 91.6 Å². The lowest BCUT2D eigenvalue weighted by Gasteiger charge is -2.20. The van der Waals surface area contributed by atoms with E-state index in [0.717, 1.165) is 0 Å². The van der Waals surface area contributed by atoms with Gasteiger partial charge in [-0.3, -0.25) is 0 Å². The Morgan fingerprint density at radius 3 is 1.88 bits per heavy atom. The maximum absolute atomic E-state index is 12.4. The Bertz CT molecular complexity index is 191. The molecule has 0 unspecified atom stereocenters. The van der Waals surface area contributed by atoms with Crippen LogP contribution in [-0.2, 0) is 0 Å². The summed E-state index contributed by atoms with van der Waals surface area (Å²) in [6.07, 6.45) is -5.48. The minimum Gasteiger partial charge on any atom is -0.315 e. The molecule has 98 valence electrons. The van der Waals surface area contributed by atoms with Gasteiger partial charge in [-0.1, -0.05) is 13.8 Å². The second-order valence-corrected chi connectivity index (χ2v) is 3.98. The molecule has 16 heavy (non-hydrogen) atoms. The molecule has 0 aromatic carbocycles. The van der Waals surface area contributed by atoms with E-state index >= 15 is 0 Å². The Balaban J connectivity index is 3.59. The van der Waals surface area contributed by atoms with Crippen molar-refractivity contribution >= 4 is 0 Å². The molecule has 0 aromatic heterocycles. The maximum atomic E-state index is 12.4. The largest absolute Gasteiger partial charge is 0.454 e. The van der Waals surface area contributed by atoms with Crippen LogP contribution in [0.1, 0.15) is 13.8 Å². The molecule has 2 N–H and O–H groups in total. The minimum absolute atomic E-state index is 0.0817. The molecule has 0 aliphatic carbocycles. The topological polar surface area (TPSA) is 24.1 Å². The molecule has 0 aromatic rings. The summed E-state index contributed by atoms with van der Waals surface area (Å²) < 4.78 is 59.8. The molecule has 0 atom stereocenters. The summed E-state index contributed by atoms with van der Waals surface area (Å²) in [5.74, 6) is -4.25. The summed E-state index contributed by atoms with van der Waals surface area (Å²) in [6.45, 7) is 3.72. The van der Waals surface area contributed by atoms with Crippen LogP contribution in [0.4, 0.5) is 22.0 Å². The van der Waals surface area contributed by atoms with E-state index < -0.39 is 18.6 Å². The Morgan fingerprint density at radius 2 is 1.44 bits per heavy atom. The first-order valence-electron chi connectivity index (χ1n) is 5.03. The van der Waals surface area contributed by atoms with Gasteiger partial charge in [0.05, 0.1) is 6.54 Å². The number of alkyl halides is 5. The number of rotatable bonds is 7. The molecule has 7 heteroatoms. The molecule has 0 aliphatic heterocycles. The fourth-order valence-electron chi connectivity index (χ4n) is 0.913. The average Bonchev–Trinajstić information content (AvgIpc) is 2.08. The van der Waals surface area contributed by atoms with E-state index in [9.17, 15) is 22.0 Å². The molecule has 0 heterocycles.